The van der Waals surface area contributed by atoms with E-state index in [0.717, 1.165) is 12.8 Å². The van der Waals surface area contributed by atoms with E-state index in [9.17, 15) is 8.42 Å². The molecule has 18 heavy (non-hydrogen) atoms. The van der Waals surface area contributed by atoms with E-state index in [4.69, 9.17) is 5.73 Å². The highest BCUT2D eigenvalue weighted by Crippen LogP contribution is 2.27. The summed E-state index contributed by atoms with van der Waals surface area (Å²) in [5.41, 5.74) is 5.58. The van der Waals surface area contributed by atoms with Crippen molar-refractivity contribution in [3.8, 4) is 0 Å². The van der Waals surface area contributed by atoms with E-state index >= 15 is 0 Å². The van der Waals surface area contributed by atoms with Gasteiger partial charge < -0.3 is 5.73 Å². The summed E-state index contributed by atoms with van der Waals surface area (Å²) >= 11 is 4.40. The van der Waals surface area contributed by atoms with Crippen LogP contribution in [0.4, 0.5) is 0 Å². The van der Waals surface area contributed by atoms with Crippen molar-refractivity contribution in [3.63, 3.8) is 0 Å². The maximum absolute atomic E-state index is 12.0. The molecule has 0 aliphatic heterocycles. The Hall–Kier alpha value is 0.340. The zero-order valence-corrected chi connectivity index (χ0v) is 14.3. The third kappa shape index (κ3) is 4.47. The van der Waals surface area contributed by atoms with Crippen molar-refractivity contribution in [2.45, 2.75) is 36.4 Å². The molecule has 0 aromatic carbocycles. The van der Waals surface area contributed by atoms with Gasteiger partial charge in [0.2, 0.25) is 0 Å². The van der Waals surface area contributed by atoms with Crippen molar-refractivity contribution in [2.75, 3.05) is 6.54 Å². The normalized spacial score (nSPS) is 12.2. The van der Waals surface area contributed by atoms with Crippen LogP contribution >= 0.6 is 39.7 Å². The molecule has 1 rings (SSSR count). The summed E-state index contributed by atoms with van der Waals surface area (Å²) in [6.45, 7) is 4.17. The number of hydrogen-bond acceptors (Lipinski definition) is 4. The van der Waals surface area contributed by atoms with Crippen LogP contribution < -0.4 is 10.5 Å². The smallest absolute Gasteiger partial charge is 0.251 e. The number of nitrogens with one attached hydrogen (secondary N) is 1. The lowest BCUT2D eigenvalue weighted by molar-refractivity contribution is 0.392. The minimum absolute atomic E-state index is 0. The van der Waals surface area contributed by atoms with E-state index in [2.05, 4.69) is 20.7 Å². The molecule has 0 spiro atoms. The van der Waals surface area contributed by atoms with E-state index in [0.29, 0.717) is 8.68 Å². The Bertz CT molecular complexity index is 472. The van der Waals surface area contributed by atoms with Gasteiger partial charge >= 0.3 is 0 Å². The molecule has 1 aromatic heterocycles. The van der Waals surface area contributed by atoms with Crippen LogP contribution in [0.3, 0.4) is 0 Å². The van der Waals surface area contributed by atoms with Crippen molar-refractivity contribution in [1.29, 1.82) is 0 Å². The minimum atomic E-state index is -3.46. The van der Waals surface area contributed by atoms with Gasteiger partial charge in [-0.15, -0.1) is 23.7 Å². The molecule has 3 N–H and O–H groups in total. The van der Waals surface area contributed by atoms with Crippen LogP contribution in [0.15, 0.2) is 20.1 Å². The second kappa shape index (κ2) is 7.21. The molecule has 106 valence electrons. The molecule has 0 amide bonds. The Morgan fingerprint density at radius 3 is 2.39 bits per heavy atom. The first-order valence-corrected chi connectivity index (χ1v) is 8.52. The molecule has 0 saturated heterocycles. The van der Waals surface area contributed by atoms with E-state index < -0.39 is 15.6 Å². The lowest BCUT2D eigenvalue weighted by Gasteiger charge is -2.26. The summed E-state index contributed by atoms with van der Waals surface area (Å²) < 4.78 is 27.5. The molecule has 0 unspecified atom stereocenters. The highest BCUT2D eigenvalue weighted by molar-refractivity contribution is 9.10. The Kier molecular flexibility index (Phi) is 7.35. The summed E-state index contributed by atoms with van der Waals surface area (Å²) in [5, 5.41) is 1.73. The topological polar surface area (TPSA) is 72.2 Å². The molecule has 4 nitrogen and oxygen atoms in total. The average Bonchev–Trinajstić information content (AvgIpc) is 2.73. The van der Waals surface area contributed by atoms with Gasteiger partial charge in [0.05, 0.1) is 0 Å². The summed E-state index contributed by atoms with van der Waals surface area (Å²) in [6, 6.07) is 1.72. The second-order valence-electron chi connectivity index (χ2n) is 3.95. The summed E-state index contributed by atoms with van der Waals surface area (Å²) in [7, 11) is -3.46. The van der Waals surface area contributed by atoms with E-state index in [1.165, 1.54) is 11.3 Å². The third-order valence-corrected chi connectivity index (χ3v) is 6.92. The van der Waals surface area contributed by atoms with Crippen molar-refractivity contribution < 1.29 is 8.42 Å². The van der Waals surface area contributed by atoms with E-state index in [-0.39, 0.29) is 19.0 Å². The Morgan fingerprint density at radius 2 is 2.00 bits per heavy atom. The second-order valence-corrected chi connectivity index (χ2v) is 7.68. The molecule has 0 fully saturated rings. The summed E-state index contributed by atoms with van der Waals surface area (Å²) in [4.78, 5) is 0. The monoisotopic (exact) mass is 376 g/mol. The first-order valence-electron chi connectivity index (χ1n) is 5.36. The van der Waals surface area contributed by atoms with Crippen LogP contribution in [-0.4, -0.2) is 20.5 Å². The summed E-state index contributed by atoms with van der Waals surface area (Å²) in [6.07, 6.45) is 1.47. The Morgan fingerprint density at radius 1 is 1.44 bits per heavy atom. The van der Waals surface area contributed by atoms with Crippen LogP contribution in [0, 0.1) is 0 Å². The van der Waals surface area contributed by atoms with Crippen LogP contribution in [0.5, 0.6) is 0 Å². The van der Waals surface area contributed by atoms with Gasteiger partial charge in [-0.1, -0.05) is 13.8 Å². The number of rotatable bonds is 6. The highest BCUT2D eigenvalue weighted by atomic mass is 79.9. The van der Waals surface area contributed by atoms with Gasteiger partial charge in [0.25, 0.3) is 10.0 Å². The van der Waals surface area contributed by atoms with Crippen LogP contribution in [0.2, 0.25) is 0 Å². The molecular weight excluding hydrogens is 360 g/mol. The third-order valence-electron chi connectivity index (χ3n) is 2.85. The Balaban J connectivity index is 0.00000289. The van der Waals surface area contributed by atoms with Gasteiger partial charge in [0.15, 0.2) is 0 Å². The Labute approximate surface area is 127 Å². The fourth-order valence-corrected chi connectivity index (χ4v) is 4.79. The molecule has 0 saturated carbocycles. The molecular formula is C10H18BrClN2O2S2. The lowest BCUT2D eigenvalue weighted by Crippen LogP contribution is -2.49. The van der Waals surface area contributed by atoms with Crippen molar-refractivity contribution >= 4 is 49.7 Å². The number of nitrogens with two attached hydrogens (primary N) is 1. The molecule has 0 aliphatic rings. The molecule has 1 aromatic rings. The van der Waals surface area contributed by atoms with Crippen LogP contribution in [0.25, 0.3) is 0 Å². The fourth-order valence-electron chi connectivity index (χ4n) is 1.28. The maximum atomic E-state index is 12.0. The van der Waals surface area contributed by atoms with Gasteiger partial charge in [-0.3, -0.25) is 0 Å². The fraction of sp³-hybridized carbons (Fsp3) is 0.600. The maximum Gasteiger partial charge on any atom is 0.251 e. The van der Waals surface area contributed by atoms with Crippen molar-refractivity contribution in [2.24, 2.45) is 5.73 Å². The molecule has 1 heterocycles. The zero-order chi connectivity index (χ0) is 13.1. The average molecular weight is 378 g/mol. The molecule has 8 heteroatoms. The highest BCUT2D eigenvalue weighted by Gasteiger charge is 2.25. The predicted molar refractivity (Wildman–Crippen MR) is 82.0 cm³/mol. The standard InChI is InChI=1S/C10H17BrN2O2S2.ClH/c1-3-10(12,4-2)7-13-17(14,15)9-8(11)5-6-16-9;/h5-6,13H,3-4,7,12H2,1-2H3;1H. The first kappa shape index (κ1) is 18.3. The van der Waals surface area contributed by atoms with E-state index in [1.807, 2.05) is 13.8 Å². The van der Waals surface area contributed by atoms with Crippen molar-refractivity contribution in [3.05, 3.63) is 15.9 Å². The van der Waals surface area contributed by atoms with Gasteiger partial charge in [-0.05, 0) is 40.2 Å². The van der Waals surface area contributed by atoms with Gasteiger partial charge in [0, 0.05) is 16.6 Å². The number of halogens is 2. The van der Waals surface area contributed by atoms with Gasteiger partial charge in [-0.2, -0.15) is 0 Å². The molecule has 0 bridgehead atoms. The number of hydrogen-bond donors (Lipinski definition) is 2. The molecule has 0 aliphatic carbocycles. The van der Waals surface area contributed by atoms with Gasteiger partial charge in [0.1, 0.15) is 4.21 Å². The van der Waals surface area contributed by atoms with Gasteiger partial charge in [-0.25, -0.2) is 13.1 Å². The minimum Gasteiger partial charge on any atom is -0.324 e. The number of sulfonamides is 1. The van der Waals surface area contributed by atoms with E-state index in [1.54, 1.807) is 11.4 Å². The number of thiophene rings is 1. The van der Waals surface area contributed by atoms with Crippen LogP contribution in [-0.2, 0) is 10.0 Å². The van der Waals surface area contributed by atoms with Crippen LogP contribution in [0.1, 0.15) is 26.7 Å². The first-order chi connectivity index (χ1) is 7.84. The zero-order valence-electron chi connectivity index (χ0n) is 10.3. The SMILES string of the molecule is CCC(N)(CC)CNS(=O)(=O)c1sccc1Br.Cl. The lowest BCUT2D eigenvalue weighted by atomic mass is 9.95. The largest absolute Gasteiger partial charge is 0.324 e. The molecule has 0 atom stereocenters. The predicted octanol–water partition coefficient (Wildman–Crippen LogP) is 2.73. The molecule has 0 radical (unpaired) electrons. The summed E-state index contributed by atoms with van der Waals surface area (Å²) in [5.74, 6) is 0. The van der Waals surface area contributed by atoms with Crippen molar-refractivity contribution in [1.82, 2.24) is 4.72 Å². The quantitative estimate of drug-likeness (QED) is 0.800.